The van der Waals surface area contributed by atoms with E-state index in [-0.39, 0.29) is 5.82 Å². The van der Waals surface area contributed by atoms with Crippen LogP contribution in [0.3, 0.4) is 0 Å². The third-order valence-electron chi connectivity index (χ3n) is 4.40. The number of nitrogens with zero attached hydrogens (tertiary/aromatic N) is 2. The highest BCUT2D eigenvalue weighted by atomic mass is 19.1. The normalized spacial score (nSPS) is 12.7. The smallest absolute Gasteiger partial charge is 0.123 e. The van der Waals surface area contributed by atoms with E-state index in [4.69, 9.17) is 4.74 Å². The van der Waals surface area contributed by atoms with E-state index < -0.39 is 0 Å². The van der Waals surface area contributed by atoms with Crippen LogP contribution < -0.4 is 4.74 Å². The Labute approximate surface area is 142 Å². The lowest BCUT2D eigenvalue weighted by Gasteiger charge is -2.20. The van der Waals surface area contributed by atoms with Gasteiger partial charge in [-0.25, -0.2) is 4.39 Å². The van der Waals surface area contributed by atoms with E-state index in [2.05, 4.69) is 54.9 Å². The van der Waals surface area contributed by atoms with Crippen molar-refractivity contribution >= 4 is 10.9 Å². The van der Waals surface area contributed by atoms with Crippen LogP contribution in [0.15, 0.2) is 54.7 Å². The van der Waals surface area contributed by atoms with Gasteiger partial charge in [0.25, 0.3) is 0 Å². The molecule has 0 saturated heterocycles. The predicted molar refractivity (Wildman–Crippen MR) is 95.8 cm³/mol. The first kappa shape index (κ1) is 16.5. The third kappa shape index (κ3) is 3.77. The summed E-state index contributed by atoms with van der Waals surface area (Å²) in [6, 6.07) is 15.1. The number of hydrogen-bond donors (Lipinski definition) is 0. The summed E-state index contributed by atoms with van der Waals surface area (Å²) in [6.45, 7) is 3.60. The summed E-state index contributed by atoms with van der Waals surface area (Å²) in [5, 5.41) is 1.16. The molecule has 1 atom stereocenters. The molecule has 0 radical (unpaired) electrons. The number of benzene rings is 2. The Bertz CT molecular complexity index is 808. The molecule has 1 aromatic heterocycles. The van der Waals surface area contributed by atoms with Crippen molar-refractivity contribution in [3.8, 4) is 5.75 Å². The van der Waals surface area contributed by atoms with Crippen LogP contribution in [0.4, 0.5) is 4.39 Å². The summed E-state index contributed by atoms with van der Waals surface area (Å²) >= 11 is 0. The van der Waals surface area contributed by atoms with Gasteiger partial charge in [-0.1, -0.05) is 12.1 Å². The molecule has 0 unspecified atom stereocenters. The van der Waals surface area contributed by atoms with Crippen LogP contribution >= 0.6 is 0 Å². The van der Waals surface area contributed by atoms with Crippen molar-refractivity contribution in [2.45, 2.75) is 26.1 Å². The van der Waals surface area contributed by atoms with Gasteiger partial charge in [-0.05, 0) is 63.0 Å². The van der Waals surface area contributed by atoms with Crippen molar-refractivity contribution in [1.82, 2.24) is 9.47 Å². The number of halogens is 1. The molecule has 0 amide bonds. The van der Waals surface area contributed by atoms with Crippen molar-refractivity contribution < 1.29 is 9.13 Å². The van der Waals surface area contributed by atoms with Gasteiger partial charge in [-0.15, -0.1) is 0 Å². The molecule has 0 N–H and O–H groups in total. The van der Waals surface area contributed by atoms with Gasteiger partial charge >= 0.3 is 0 Å². The van der Waals surface area contributed by atoms with E-state index >= 15 is 0 Å². The van der Waals surface area contributed by atoms with Gasteiger partial charge in [-0.2, -0.15) is 0 Å². The van der Waals surface area contributed by atoms with E-state index in [1.165, 1.54) is 17.6 Å². The Morgan fingerprint density at radius 1 is 1.08 bits per heavy atom. The largest absolute Gasteiger partial charge is 0.489 e. The monoisotopic (exact) mass is 326 g/mol. The third-order valence-corrected chi connectivity index (χ3v) is 4.40. The molecule has 126 valence electrons. The minimum atomic E-state index is -0.228. The molecule has 3 rings (SSSR count). The molecule has 4 heteroatoms. The molecule has 1 heterocycles. The van der Waals surface area contributed by atoms with Crippen LogP contribution in [-0.4, -0.2) is 29.6 Å². The van der Waals surface area contributed by atoms with Gasteiger partial charge < -0.3 is 14.2 Å². The molecule has 0 spiro atoms. The highest BCUT2D eigenvalue weighted by molar-refractivity contribution is 5.81. The lowest BCUT2D eigenvalue weighted by molar-refractivity contribution is 0.286. The highest BCUT2D eigenvalue weighted by Crippen LogP contribution is 2.23. The SMILES string of the molecule is C[C@H](Cn1ccc2cc(OCc3ccc(F)cc3)ccc21)N(C)C. The Morgan fingerprint density at radius 3 is 2.54 bits per heavy atom. The Kier molecular flexibility index (Phi) is 4.86. The first-order chi connectivity index (χ1) is 11.5. The molecular weight excluding hydrogens is 303 g/mol. The standard InChI is InChI=1S/C20H23FN2O/c1-15(22(2)3)13-23-11-10-17-12-19(8-9-20(17)23)24-14-16-4-6-18(21)7-5-16/h4-12,15H,13-14H2,1-3H3/t15-/m1/s1. The molecule has 0 aliphatic heterocycles. The second-order valence-electron chi connectivity index (χ2n) is 6.42. The molecule has 24 heavy (non-hydrogen) atoms. The molecule has 0 fully saturated rings. The molecular formula is C20H23FN2O. The molecule has 3 aromatic rings. The fourth-order valence-corrected chi connectivity index (χ4v) is 2.62. The zero-order valence-electron chi connectivity index (χ0n) is 14.4. The maximum atomic E-state index is 12.9. The summed E-state index contributed by atoms with van der Waals surface area (Å²) < 4.78 is 21.0. The molecule has 3 nitrogen and oxygen atoms in total. The zero-order chi connectivity index (χ0) is 17.1. The Hall–Kier alpha value is -2.33. The minimum Gasteiger partial charge on any atom is -0.489 e. The summed E-state index contributed by atoms with van der Waals surface area (Å²) in [6.07, 6.45) is 2.12. The van der Waals surface area contributed by atoms with E-state index in [0.717, 1.165) is 23.2 Å². The van der Waals surface area contributed by atoms with Crippen LogP contribution in [-0.2, 0) is 13.2 Å². The lowest BCUT2D eigenvalue weighted by atomic mass is 10.2. The summed E-state index contributed by atoms with van der Waals surface area (Å²) in [5.74, 6) is 0.596. The Morgan fingerprint density at radius 2 is 1.83 bits per heavy atom. The number of aromatic nitrogens is 1. The fourth-order valence-electron chi connectivity index (χ4n) is 2.62. The van der Waals surface area contributed by atoms with E-state index in [0.29, 0.717) is 12.6 Å². The first-order valence-corrected chi connectivity index (χ1v) is 8.15. The van der Waals surface area contributed by atoms with Gasteiger partial charge in [-0.3, -0.25) is 0 Å². The summed E-state index contributed by atoms with van der Waals surface area (Å²) in [4.78, 5) is 2.21. The molecule has 2 aromatic carbocycles. The second kappa shape index (κ2) is 7.05. The molecule has 0 bridgehead atoms. The molecule has 0 aliphatic rings. The lowest BCUT2D eigenvalue weighted by Crippen LogP contribution is -2.28. The van der Waals surface area contributed by atoms with Crippen molar-refractivity contribution in [2.24, 2.45) is 0 Å². The van der Waals surface area contributed by atoms with Crippen molar-refractivity contribution in [2.75, 3.05) is 14.1 Å². The minimum absolute atomic E-state index is 0.228. The maximum absolute atomic E-state index is 12.9. The van der Waals surface area contributed by atoms with Crippen LogP contribution in [0.2, 0.25) is 0 Å². The van der Waals surface area contributed by atoms with Gasteiger partial charge in [0.2, 0.25) is 0 Å². The van der Waals surface area contributed by atoms with Crippen molar-refractivity contribution in [3.05, 3.63) is 66.1 Å². The quantitative estimate of drug-likeness (QED) is 0.671. The van der Waals surface area contributed by atoms with Gasteiger partial charge in [0.05, 0.1) is 0 Å². The van der Waals surface area contributed by atoms with Gasteiger partial charge in [0, 0.05) is 29.7 Å². The van der Waals surface area contributed by atoms with E-state index in [1.807, 2.05) is 6.07 Å². The zero-order valence-corrected chi connectivity index (χ0v) is 14.4. The predicted octanol–water partition coefficient (Wildman–Crippen LogP) is 4.31. The number of ether oxygens (including phenoxy) is 1. The highest BCUT2D eigenvalue weighted by Gasteiger charge is 2.08. The number of fused-ring (bicyclic) bond motifs is 1. The van der Waals surface area contributed by atoms with Crippen LogP contribution in [0.5, 0.6) is 5.75 Å². The first-order valence-electron chi connectivity index (χ1n) is 8.15. The number of hydrogen-bond acceptors (Lipinski definition) is 2. The summed E-state index contributed by atoms with van der Waals surface area (Å²) in [7, 11) is 4.19. The van der Waals surface area contributed by atoms with Crippen molar-refractivity contribution in [3.63, 3.8) is 0 Å². The second-order valence-corrected chi connectivity index (χ2v) is 6.42. The number of likely N-dealkylation sites (N-methyl/N-ethyl adjacent to an activating group) is 1. The van der Waals surface area contributed by atoms with E-state index in [1.54, 1.807) is 12.1 Å². The summed E-state index contributed by atoms with van der Waals surface area (Å²) in [5.41, 5.74) is 2.16. The molecule has 0 saturated carbocycles. The van der Waals surface area contributed by atoms with Gasteiger partial charge in [0.1, 0.15) is 18.2 Å². The Balaban J connectivity index is 1.71. The van der Waals surface area contributed by atoms with Crippen LogP contribution in [0.25, 0.3) is 10.9 Å². The number of rotatable bonds is 6. The average Bonchev–Trinajstić information content (AvgIpc) is 2.96. The van der Waals surface area contributed by atoms with Crippen molar-refractivity contribution in [1.29, 1.82) is 0 Å². The van der Waals surface area contributed by atoms with Gasteiger partial charge in [0.15, 0.2) is 0 Å². The van der Waals surface area contributed by atoms with Crippen LogP contribution in [0.1, 0.15) is 12.5 Å². The topological polar surface area (TPSA) is 17.4 Å². The average molecular weight is 326 g/mol. The van der Waals surface area contributed by atoms with E-state index in [9.17, 15) is 4.39 Å². The van der Waals surface area contributed by atoms with Crippen LogP contribution in [0, 0.1) is 5.82 Å². The maximum Gasteiger partial charge on any atom is 0.123 e. The fraction of sp³-hybridized carbons (Fsp3) is 0.300. The molecule has 0 aliphatic carbocycles.